The molecule has 3 fully saturated rings. The average molecular weight is 782 g/mol. The van der Waals surface area contributed by atoms with Crippen LogP contribution in [0.25, 0.3) is 0 Å². The van der Waals surface area contributed by atoms with Gasteiger partial charge < -0.3 is 19.6 Å². The van der Waals surface area contributed by atoms with Crippen molar-refractivity contribution in [2.75, 3.05) is 19.6 Å². The summed E-state index contributed by atoms with van der Waals surface area (Å²) in [5, 5.41) is 0.820. The maximum Gasteiger partial charge on any atom is 0.471 e. The normalized spacial score (nSPS) is 26.8. The zero-order chi connectivity index (χ0) is 37.5. The molecule has 0 N–H and O–H groups in total. The number of nitrogens with zero attached hydrogens (tertiary/aromatic N) is 6. The van der Waals surface area contributed by atoms with Crippen molar-refractivity contribution in [1.29, 1.82) is 0 Å². The van der Waals surface area contributed by atoms with Gasteiger partial charge in [-0.15, -0.1) is 0 Å². The highest BCUT2D eigenvalue weighted by atomic mass is 35.5. The van der Waals surface area contributed by atoms with Gasteiger partial charge in [-0.25, -0.2) is 14.4 Å². The number of carbonyl (C=O) groups excluding carboxylic acids is 3. The quantitative estimate of drug-likeness (QED) is 0.226. The summed E-state index contributed by atoms with van der Waals surface area (Å²) in [7, 11) is 0. The lowest BCUT2D eigenvalue weighted by atomic mass is 9.81. The van der Waals surface area contributed by atoms with Crippen LogP contribution in [0.4, 0.5) is 17.6 Å². The number of alkyl halides is 3. The summed E-state index contributed by atoms with van der Waals surface area (Å²) in [6, 6.07) is 6.08. The second-order valence-electron chi connectivity index (χ2n) is 14.7. The zero-order valence-electron chi connectivity index (χ0n) is 29.0. The molecule has 16 heteroatoms. The number of benzene rings is 1. The Balaban J connectivity index is 1.21. The lowest BCUT2D eigenvalue weighted by Crippen LogP contribution is -2.66. The number of carbonyl (C=O) groups is 3. The Morgan fingerprint density at radius 2 is 1.83 bits per heavy atom. The Kier molecular flexibility index (Phi) is 9.38. The van der Waals surface area contributed by atoms with Crippen LogP contribution in [0, 0.1) is 11.7 Å². The lowest BCUT2D eigenvalue weighted by molar-refractivity contribution is -0.193. The molecule has 3 amide bonds. The van der Waals surface area contributed by atoms with Gasteiger partial charge in [0.05, 0.1) is 16.6 Å². The number of halogens is 6. The van der Waals surface area contributed by atoms with Crippen LogP contribution in [0.3, 0.4) is 0 Å². The summed E-state index contributed by atoms with van der Waals surface area (Å²) in [5.41, 5.74) is -0.00808. The van der Waals surface area contributed by atoms with Crippen molar-refractivity contribution in [2.45, 2.75) is 95.2 Å². The number of piperazine rings is 1. The van der Waals surface area contributed by atoms with E-state index in [9.17, 15) is 27.6 Å². The van der Waals surface area contributed by atoms with Crippen LogP contribution in [0.15, 0.2) is 52.1 Å². The second kappa shape index (κ2) is 13.2. The number of hydrogen-bond donors (Lipinski definition) is 0. The molecule has 0 unspecified atom stereocenters. The number of likely N-dealkylation sites (tertiary alicyclic amines) is 1. The van der Waals surface area contributed by atoms with E-state index in [0.717, 1.165) is 10.5 Å². The highest BCUT2D eigenvalue weighted by Crippen LogP contribution is 2.56. The van der Waals surface area contributed by atoms with Gasteiger partial charge in [0.25, 0.3) is 5.91 Å². The summed E-state index contributed by atoms with van der Waals surface area (Å²) in [6.45, 7) is 7.74. The number of allylic oxidation sites excluding steroid dienone is 1. The molecule has 2 aromatic rings. The Bertz CT molecular complexity index is 1890. The van der Waals surface area contributed by atoms with E-state index in [1.54, 1.807) is 35.1 Å². The number of rotatable bonds is 6. The molecule has 4 aliphatic heterocycles. The van der Waals surface area contributed by atoms with Gasteiger partial charge >= 0.3 is 12.1 Å². The van der Waals surface area contributed by atoms with E-state index >= 15 is 4.39 Å². The van der Waals surface area contributed by atoms with Crippen molar-refractivity contribution in [2.24, 2.45) is 10.9 Å². The molecule has 278 valence electrons. The number of hydrogen-bond acceptors (Lipinski definition) is 7. The first-order chi connectivity index (χ1) is 24.5. The molecule has 52 heavy (non-hydrogen) atoms. The molecule has 1 spiro atoms. The fraction of sp³-hybridized carbons (Fsp3) is 0.528. The minimum absolute atomic E-state index is 0.00142. The Labute approximate surface area is 313 Å². The molecular weight excluding hydrogens is 743 g/mol. The minimum atomic E-state index is -5.00. The third kappa shape index (κ3) is 6.06. The third-order valence-corrected chi connectivity index (χ3v) is 12.7. The first-order valence-corrected chi connectivity index (χ1v) is 19.0. The van der Waals surface area contributed by atoms with Crippen molar-refractivity contribution in [3.05, 3.63) is 74.3 Å². The fourth-order valence-electron chi connectivity index (χ4n) is 8.24. The van der Waals surface area contributed by atoms with Crippen LogP contribution in [0.5, 0.6) is 0 Å². The number of aromatic nitrogens is 1. The SMILES string of the molecule is CC[C@@H]1CN(C(=O)C(F)(F)F)C2(CC2)CN1C(=O)[C@@H]1CCCN1C(=O)C1=C(C(C)C)N2C(=N[C@@](C)(c3ccc(Cl)nc3)[C@H]2c2ccc(Cl)c(F)c2)S1. The predicted octanol–water partition coefficient (Wildman–Crippen LogP) is 7.31. The van der Waals surface area contributed by atoms with Crippen molar-refractivity contribution in [3.8, 4) is 0 Å². The molecular formula is C36H38Cl2F4N6O3S. The van der Waals surface area contributed by atoms with Gasteiger partial charge in [-0.3, -0.25) is 14.4 Å². The molecule has 5 heterocycles. The Morgan fingerprint density at radius 1 is 1.10 bits per heavy atom. The van der Waals surface area contributed by atoms with Gasteiger partial charge in [0.1, 0.15) is 27.5 Å². The summed E-state index contributed by atoms with van der Waals surface area (Å²) in [6.07, 6.45) is -1.27. The molecule has 5 aliphatic rings. The lowest BCUT2D eigenvalue weighted by Gasteiger charge is -2.48. The van der Waals surface area contributed by atoms with Gasteiger partial charge in [-0.05, 0) is 80.5 Å². The molecule has 1 aromatic heterocycles. The summed E-state index contributed by atoms with van der Waals surface area (Å²) < 4.78 is 55.6. The summed E-state index contributed by atoms with van der Waals surface area (Å²) in [4.78, 5) is 57.3. The standard InChI is InChI=1S/C36H38Cl2F4N6O3S/c1-5-22-17-47(32(51)36(40,41)42)35(12-13-35)18-46(22)30(49)25-7-6-14-45(25)31(50)28-27(19(2)3)48-29(20-8-10-23(37)24(39)15-20)34(4,44-33(48)52-28)21-9-11-26(38)43-16-21/h8-11,15-16,19,22,25,29H,5-7,12-14,17-18H2,1-4H3/t22-,25+,29-,34+/m1/s1. The fourth-order valence-corrected chi connectivity index (χ4v) is 9.84. The maximum absolute atomic E-state index is 15.0. The van der Waals surface area contributed by atoms with Gasteiger partial charge in [0.15, 0.2) is 5.17 Å². The topological polar surface area (TPSA) is 89.4 Å². The Morgan fingerprint density at radius 3 is 2.42 bits per heavy atom. The zero-order valence-corrected chi connectivity index (χ0v) is 31.3. The van der Waals surface area contributed by atoms with Crippen LogP contribution in [0.2, 0.25) is 10.2 Å². The van der Waals surface area contributed by atoms with Crippen LogP contribution in [-0.4, -0.2) is 90.9 Å². The molecule has 9 nitrogen and oxygen atoms in total. The molecule has 1 aliphatic carbocycles. The van der Waals surface area contributed by atoms with Crippen LogP contribution >= 0.6 is 35.0 Å². The van der Waals surface area contributed by atoms with E-state index in [4.69, 9.17) is 28.2 Å². The summed E-state index contributed by atoms with van der Waals surface area (Å²) >= 11 is 13.4. The number of thioether (sulfide) groups is 1. The first kappa shape index (κ1) is 37.0. The number of amidine groups is 1. The highest BCUT2D eigenvalue weighted by molar-refractivity contribution is 8.18. The largest absolute Gasteiger partial charge is 0.471 e. The molecule has 0 bridgehead atoms. The van der Waals surface area contributed by atoms with Gasteiger partial charge in [-0.2, -0.15) is 13.2 Å². The average Bonchev–Trinajstić information content (AvgIpc) is 3.40. The third-order valence-electron chi connectivity index (χ3n) is 11.1. The highest BCUT2D eigenvalue weighted by Gasteiger charge is 2.61. The number of aliphatic imine (C=N–C) groups is 1. The first-order valence-electron chi connectivity index (χ1n) is 17.4. The van der Waals surface area contributed by atoms with E-state index < -0.39 is 47.1 Å². The van der Waals surface area contributed by atoms with Gasteiger partial charge in [0, 0.05) is 43.1 Å². The van der Waals surface area contributed by atoms with E-state index in [1.807, 2.05) is 31.7 Å². The van der Waals surface area contributed by atoms with Crippen LogP contribution in [0.1, 0.15) is 77.0 Å². The molecule has 2 saturated heterocycles. The molecule has 4 atom stereocenters. The van der Waals surface area contributed by atoms with Crippen molar-refractivity contribution < 1.29 is 31.9 Å². The number of fused-ring (bicyclic) bond motifs is 1. The van der Waals surface area contributed by atoms with Crippen LogP contribution in [-0.2, 0) is 19.9 Å². The van der Waals surface area contributed by atoms with Crippen LogP contribution < -0.4 is 0 Å². The molecule has 1 saturated carbocycles. The van der Waals surface area contributed by atoms with Gasteiger partial charge in [0.2, 0.25) is 5.91 Å². The van der Waals surface area contributed by atoms with E-state index in [0.29, 0.717) is 65.1 Å². The molecule has 7 rings (SSSR count). The number of amides is 3. The van der Waals surface area contributed by atoms with Crippen molar-refractivity contribution in [3.63, 3.8) is 0 Å². The van der Waals surface area contributed by atoms with E-state index in [2.05, 4.69) is 4.98 Å². The van der Waals surface area contributed by atoms with E-state index in [-0.39, 0.29) is 35.8 Å². The number of pyridine rings is 1. The second-order valence-corrected chi connectivity index (χ2v) is 16.4. The predicted molar refractivity (Wildman–Crippen MR) is 190 cm³/mol. The summed E-state index contributed by atoms with van der Waals surface area (Å²) in [5.74, 6) is -3.31. The minimum Gasteiger partial charge on any atom is -0.334 e. The monoisotopic (exact) mass is 780 g/mol. The van der Waals surface area contributed by atoms with Gasteiger partial charge in [-0.1, -0.05) is 56.1 Å². The van der Waals surface area contributed by atoms with Crippen molar-refractivity contribution >= 4 is 57.9 Å². The molecule has 0 radical (unpaired) electrons. The molecule has 1 aromatic carbocycles. The Hall–Kier alpha value is -3.36. The maximum atomic E-state index is 15.0. The van der Waals surface area contributed by atoms with Crippen molar-refractivity contribution in [1.82, 2.24) is 24.6 Å². The smallest absolute Gasteiger partial charge is 0.334 e. The van der Waals surface area contributed by atoms with E-state index in [1.165, 1.54) is 23.9 Å².